The molecule has 0 radical (unpaired) electrons. The molecule has 1 N–H and O–H groups in total. The van der Waals surface area contributed by atoms with Crippen molar-refractivity contribution in [3.63, 3.8) is 0 Å². The molecule has 0 saturated heterocycles. The van der Waals surface area contributed by atoms with Crippen LogP contribution in [0.2, 0.25) is 0 Å². The van der Waals surface area contributed by atoms with E-state index in [1.807, 2.05) is 6.08 Å². The number of thioether (sulfide) groups is 1. The van der Waals surface area contributed by atoms with E-state index in [2.05, 4.69) is 37.8 Å². The first kappa shape index (κ1) is 13.3. The van der Waals surface area contributed by atoms with Crippen molar-refractivity contribution in [2.24, 2.45) is 0 Å². The number of rotatable bonds is 7. The Morgan fingerprint density at radius 2 is 2.31 bits per heavy atom. The second-order valence-corrected chi connectivity index (χ2v) is 5.09. The topological polar surface area (TPSA) is 20.2 Å². The van der Waals surface area contributed by atoms with Gasteiger partial charge in [-0.1, -0.05) is 23.8 Å². The molecule has 1 rings (SSSR count). The number of aryl methyl sites for hydroxylation is 1. The van der Waals surface area contributed by atoms with E-state index < -0.39 is 0 Å². The average Bonchev–Trinajstić information content (AvgIpc) is 2.27. The van der Waals surface area contributed by atoms with Crippen LogP contribution in [0.15, 0.2) is 41.8 Å². The van der Waals surface area contributed by atoms with Crippen molar-refractivity contribution >= 4 is 11.8 Å². The highest BCUT2D eigenvalue weighted by Gasteiger charge is 2.04. The van der Waals surface area contributed by atoms with Gasteiger partial charge in [-0.3, -0.25) is 0 Å². The summed E-state index contributed by atoms with van der Waals surface area (Å²) < 4.78 is 0. The molecule has 0 spiro atoms. The summed E-state index contributed by atoms with van der Waals surface area (Å²) in [6.45, 7) is 5.76. The van der Waals surface area contributed by atoms with Crippen molar-refractivity contribution in [3.8, 4) is 0 Å². The fourth-order valence-electron chi connectivity index (χ4n) is 1.48. The minimum Gasteiger partial charge on any atom is -0.392 e. The Labute approximate surface area is 103 Å². The van der Waals surface area contributed by atoms with Crippen LogP contribution in [-0.2, 0) is 0 Å². The smallest absolute Gasteiger partial charge is 0.0634 e. The monoisotopic (exact) mass is 236 g/mol. The van der Waals surface area contributed by atoms with Gasteiger partial charge in [-0.25, -0.2) is 0 Å². The van der Waals surface area contributed by atoms with Gasteiger partial charge < -0.3 is 5.11 Å². The highest BCUT2D eigenvalue weighted by atomic mass is 32.2. The normalized spacial score (nSPS) is 12.4. The zero-order valence-electron chi connectivity index (χ0n) is 9.86. The van der Waals surface area contributed by atoms with Crippen molar-refractivity contribution in [3.05, 3.63) is 42.5 Å². The highest BCUT2D eigenvalue weighted by molar-refractivity contribution is 7.99. The highest BCUT2D eigenvalue weighted by Crippen LogP contribution is 2.20. The summed E-state index contributed by atoms with van der Waals surface area (Å²) in [7, 11) is 0. The number of benzene rings is 1. The molecule has 2 heteroatoms. The van der Waals surface area contributed by atoms with Crippen LogP contribution in [0.25, 0.3) is 0 Å². The second-order valence-electron chi connectivity index (χ2n) is 4.00. The van der Waals surface area contributed by atoms with Gasteiger partial charge in [0, 0.05) is 10.6 Å². The molecule has 1 aromatic carbocycles. The summed E-state index contributed by atoms with van der Waals surface area (Å²) in [5.74, 6) is 0.778. The lowest BCUT2D eigenvalue weighted by Gasteiger charge is -2.09. The van der Waals surface area contributed by atoms with E-state index in [-0.39, 0.29) is 6.10 Å². The largest absolute Gasteiger partial charge is 0.392 e. The fourth-order valence-corrected chi connectivity index (χ4v) is 2.47. The van der Waals surface area contributed by atoms with Crippen LogP contribution < -0.4 is 0 Å². The Bertz CT molecular complexity index is 322. The van der Waals surface area contributed by atoms with Crippen LogP contribution >= 0.6 is 11.8 Å². The van der Waals surface area contributed by atoms with E-state index in [9.17, 15) is 5.11 Å². The van der Waals surface area contributed by atoms with Crippen LogP contribution in [0, 0.1) is 6.92 Å². The molecule has 0 heterocycles. The fraction of sp³-hybridized carbons (Fsp3) is 0.429. The van der Waals surface area contributed by atoms with Crippen LogP contribution in [-0.4, -0.2) is 17.0 Å². The third kappa shape index (κ3) is 5.38. The Balaban J connectivity index is 2.25. The maximum absolute atomic E-state index is 9.75. The Hall–Kier alpha value is -0.730. The van der Waals surface area contributed by atoms with Gasteiger partial charge in [0.05, 0.1) is 6.10 Å². The van der Waals surface area contributed by atoms with Crippen molar-refractivity contribution in [1.82, 2.24) is 0 Å². The van der Waals surface area contributed by atoms with Gasteiger partial charge >= 0.3 is 0 Å². The van der Waals surface area contributed by atoms with E-state index in [0.29, 0.717) is 0 Å². The first-order valence-corrected chi connectivity index (χ1v) is 6.69. The Morgan fingerprint density at radius 3 is 3.00 bits per heavy atom. The summed E-state index contributed by atoms with van der Waals surface area (Å²) in [5, 5.41) is 9.75. The van der Waals surface area contributed by atoms with E-state index >= 15 is 0 Å². The lowest BCUT2D eigenvalue weighted by molar-refractivity contribution is 0.186. The summed E-state index contributed by atoms with van der Waals surface area (Å²) in [6, 6.07) is 8.39. The molecular formula is C14H20OS. The maximum atomic E-state index is 9.75. The van der Waals surface area contributed by atoms with Crippen molar-refractivity contribution in [2.45, 2.75) is 37.2 Å². The molecule has 1 nitrogen and oxygen atoms in total. The van der Waals surface area contributed by atoms with E-state index in [4.69, 9.17) is 0 Å². The number of aliphatic hydroxyl groups is 1. The van der Waals surface area contributed by atoms with Gasteiger partial charge in [0.25, 0.3) is 0 Å². The molecule has 0 bridgehead atoms. The number of allylic oxidation sites excluding steroid dienone is 1. The van der Waals surface area contributed by atoms with Gasteiger partial charge in [0.2, 0.25) is 0 Å². The number of hydrogen-bond acceptors (Lipinski definition) is 2. The van der Waals surface area contributed by atoms with E-state index in [1.165, 1.54) is 10.5 Å². The lowest BCUT2D eigenvalue weighted by Crippen LogP contribution is -2.09. The van der Waals surface area contributed by atoms with E-state index in [0.717, 1.165) is 25.0 Å². The summed E-state index contributed by atoms with van der Waals surface area (Å²) in [6.07, 6.45) is 4.58. The van der Waals surface area contributed by atoms with Gasteiger partial charge in [0.15, 0.2) is 0 Å². The molecule has 0 aromatic heterocycles. The predicted molar refractivity (Wildman–Crippen MR) is 72.0 cm³/mol. The molecule has 0 aliphatic rings. The van der Waals surface area contributed by atoms with Crippen LogP contribution in [0.3, 0.4) is 0 Å². The zero-order valence-corrected chi connectivity index (χ0v) is 10.7. The van der Waals surface area contributed by atoms with Crippen molar-refractivity contribution in [1.29, 1.82) is 0 Å². The zero-order chi connectivity index (χ0) is 11.8. The molecule has 1 unspecified atom stereocenters. The molecule has 0 amide bonds. The molecular weight excluding hydrogens is 216 g/mol. The Kier molecular flexibility index (Phi) is 6.27. The SMILES string of the molecule is C=CCCCC(O)CSc1cccc(C)c1. The Morgan fingerprint density at radius 1 is 1.50 bits per heavy atom. The quantitative estimate of drug-likeness (QED) is 0.441. The molecule has 88 valence electrons. The van der Waals surface area contributed by atoms with Gasteiger partial charge in [-0.05, 0) is 38.3 Å². The van der Waals surface area contributed by atoms with Crippen LogP contribution in [0.4, 0.5) is 0 Å². The van der Waals surface area contributed by atoms with Crippen LogP contribution in [0.5, 0.6) is 0 Å². The number of unbranched alkanes of at least 4 members (excludes halogenated alkanes) is 1. The molecule has 0 aliphatic heterocycles. The number of aliphatic hydroxyl groups excluding tert-OH is 1. The lowest BCUT2D eigenvalue weighted by atomic mass is 10.2. The van der Waals surface area contributed by atoms with Crippen molar-refractivity contribution in [2.75, 3.05) is 5.75 Å². The summed E-state index contributed by atoms with van der Waals surface area (Å²) in [5.41, 5.74) is 1.27. The second kappa shape index (κ2) is 7.53. The molecule has 1 atom stereocenters. The standard InChI is InChI=1S/C14H20OS/c1-3-4-5-8-13(15)11-16-14-9-6-7-12(2)10-14/h3,6-7,9-10,13,15H,1,4-5,8,11H2,2H3. The third-order valence-corrected chi connectivity index (χ3v) is 3.52. The van der Waals surface area contributed by atoms with Crippen molar-refractivity contribution < 1.29 is 5.11 Å². The first-order chi connectivity index (χ1) is 7.72. The summed E-state index contributed by atoms with van der Waals surface area (Å²) in [4.78, 5) is 1.24. The first-order valence-electron chi connectivity index (χ1n) is 5.71. The van der Waals surface area contributed by atoms with E-state index in [1.54, 1.807) is 11.8 Å². The molecule has 0 aliphatic carbocycles. The van der Waals surface area contributed by atoms with Gasteiger partial charge in [-0.15, -0.1) is 18.3 Å². The molecule has 0 fully saturated rings. The predicted octanol–water partition coefficient (Wildman–Crippen LogP) is 3.80. The molecule has 0 saturated carbocycles. The number of hydrogen-bond donors (Lipinski definition) is 1. The van der Waals surface area contributed by atoms with Crippen LogP contribution in [0.1, 0.15) is 24.8 Å². The maximum Gasteiger partial charge on any atom is 0.0634 e. The van der Waals surface area contributed by atoms with Gasteiger partial charge in [-0.2, -0.15) is 0 Å². The average molecular weight is 236 g/mol. The minimum atomic E-state index is -0.203. The summed E-state index contributed by atoms with van der Waals surface area (Å²) >= 11 is 1.72. The third-order valence-electron chi connectivity index (χ3n) is 2.38. The molecule has 16 heavy (non-hydrogen) atoms. The molecule has 1 aromatic rings. The minimum absolute atomic E-state index is 0.203. The van der Waals surface area contributed by atoms with Gasteiger partial charge in [0.1, 0.15) is 0 Å².